The highest BCUT2D eigenvalue weighted by molar-refractivity contribution is 7.89. The number of amides is 1. The van der Waals surface area contributed by atoms with Gasteiger partial charge in [0.1, 0.15) is 0 Å². The number of sulfonamides is 1. The van der Waals surface area contributed by atoms with E-state index >= 15 is 0 Å². The summed E-state index contributed by atoms with van der Waals surface area (Å²) in [6.07, 6.45) is 4.28. The molecular weight excluding hydrogens is 402 g/mol. The molecule has 2 aromatic rings. The molecule has 0 aliphatic carbocycles. The molecule has 1 atom stereocenters. The summed E-state index contributed by atoms with van der Waals surface area (Å²) in [4.78, 5) is 12.8. The summed E-state index contributed by atoms with van der Waals surface area (Å²) in [6, 6.07) is 7.20. The van der Waals surface area contributed by atoms with Crippen molar-refractivity contribution in [3.63, 3.8) is 0 Å². The fraction of sp³-hybridized carbons (Fsp3) is 0.591. The zero-order valence-corrected chi connectivity index (χ0v) is 19.0. The van der Waals surface area contributed by atoms with Crippen LogP contribution in [0.3, 0.4) is 0 Å². The van der Waals surface area contributed by atoms with E-state index in [-0.39, 0.29) is 29.4 Å². The Balaban J connectivity index is 1.63. The van der Waals surface area contributed by atoms with E-state index < -0.39 is 10.0 Å². The van der Waals surface area contributed by atoms with E-state index in [2.05, 4.69) is 16.8 Å². The third-order valence-electron chi connectivity index (χ3n) is 5.55. The lowest BCUT2D eigenvalue weighted by molar-refractivity contribution is -0.126. The maximum absolute atomic E-state index is 13.2. The van der Waals surface area contributed by atoms with Crippen LogP contribution >= 0.6 is 0 Å². The van der Waals surface area contributed by atoms with Gasteiger partial charge in [-0.3, -0.25) is 4.79 Å². The van der Waals surface area contributed by atoms with Gasteiger partial charge in [0, 0.05) is 49.9 Å². The molecular formula is C22H33N3O4S. The summed E-state index contributed by atoms with van der Waals surface area (Å²) in [5.74, 6) is -0.389. The number of rotatable bonds is 9. The van der Waals surface area contributed by atoms with Gasteiger partial charge in [0.25, 0.3) is 0 Å². The molecule has 1 aliphatic rings. The van der Waals surface area contributed by atoms with E-state index in [4.69, 9.17) is 4.74 Å². The van der Waals surface area contributed by atoms with Gasteiger partial charge < -0.3 is 14.6 Å². The second-order valence-electron chi connectivity index (χ2n) is 8.09. The van der Waals surface area contributed by atoms with E-state index in [9.17, 15) is 13.2 Å². The Morgan fingerprint density at radius 2 is 2.10 bits per heavy atom. The summed E-state index contributed by atoms with van der Waals surface area (Å²) in [6.45, 7) is 8.67. The number of hydrogen-bond donors (Lipinski definition) is 1. The first-order chi connectivity index (χ1) is 14.3. The predicted octanol–water partition coefficient (Wildman–Crippen LogP) is 2.99. The van der Waals surface area contributed by atoms with Gasteiger partial charge in [-0.15, -0.1) is 0 Å². The fourth-order valence-corrected chi connectivity index (χ4v) is 5.45. The lowest BCUT2D eigenvalue weighted by Crippen LogP contribution is -2.45. The SMILES string of the molecule is CCn1ccc2cc(S(=O)(=O)N3CCC[C@@H](C(=O)NCCCOC(C)C)C3)ccc21. The third-order valence-corrected chi connectivity index (χ3v) is 7.41. The molecule has 1 amide bonds. The number of nitrogens with zero attached hydrogens (tertiary/aromatic N) is 2. The summed E-state index contributed by atoms with van der Waals surface area (Å²) in [5, 5.41) is 3.84. The van der Waals surface area contributed by atoms with Crippen LogP contribution in [0.1, 0.15) is 40.0 Å². The molecule has 0 unspecified atom stereocenters. The van der Waals surface area contributed by atoms with E-state index in [1.807, 2.05) is 32.2 Å². The van der Waals surface area contributed by atoms with Crippen molar-refractivity contribution in [2.75, 3.05) is 26.2 Å². The Morgan fingerprint density at radius 1 is 1.30 bits per heavy atom. The highest BCUT2D eigenvalue weighted by Crippen LogP contribution is 2.27. The van der Waals surface area contributed by atoms with E-state index in [0.29, 0.717) is 32.5 Å². The molecule has 1 aromatic carbocycles. The molecule has 1 fully saturated rings. The zero-order valence-electron chi connectivity index (χ0n) is 18.1. The second-order valence-corrected chi connectivity index (χ2v) is 10.0. The quantitative estimate of drug-likeness (QED) is 0.614. The first-order valence-corrected chi connectivity index (χ1v) is 12.2. The largest absolute Gasteiger partial charge is 0.379 e. The average Bonchev–Trinajstić information content (AvgIpc) is 3.15. The lowest BCUT2D eigenvalue weighted by atomic mass is 9.99. The molecule has 3 rings (SSSR count). The van der Waals surface area contributed by atoms with Gasteiger partial charge in [0.2, 0.25) is 15.9 Å². The summed E-state index contributed by atoms with van der Waals surface area (Å²) >= 11 is 0. The Hall–Kier alpha value is -1.90. The summed E-state index contributed by atoms with van der Waals surface area (Å²) in [5.41, 5.74) is 1.02. The van der Waals surface area contributed by atoms with Crippen molar-refractivity contribution in [3.05, 3.63) is 30.5 Å². The molecule has 0 spiro atoms. The molecule has 1 N–H and O–H groups in total. The minimum atomic E-state index is -3.63. The number of piperidine rings is 1. The van der Waals surface area contributed by atoms with Gasteiger partial charge in [-0.2, -0.15) is 4.31 Å². The van der Waals surface area contributed by atoms with Crippen LogP contribution in [0.25, 0.3) is 10.9 Å². The molecule has 0 radical (unpaired) electrons. The van der Waals surface area contributed by atoms with Crippen LogP contribution in [0, 0.1) is 5.92 Å². The number of carbonyl (C=O) groups is 1. The number of fused-ring (bicyclic) bond motifs is 1. The molecule has 2 heterocycles. The van der Waals surface area contributed by atoms with E-state index in [1.54, 1.807) is 12.1 Å². The first-order valence-electron chi connectivity index (χ1n) is 10.8. The molecule has 1 aliphatic heterocycles. The third kappa shape index (κ3) is 5.22. The van der Waals surface area contributed by atoms with Crippen molar-refractivity contribution in [2.45, 2.75) is 57.6 Å². The standard InChI is InChI=1S/C22H33N3O4S/c1-4-24-13-10-18-15-20(8-9-21(18)24)30(27,28)25-12-5-7-19(16-25)22(26)23-11-6-14-29-17(2)3/h8-10,13,15,17,19H,4-7,11-12,14,16H2,1-3H3,(H,23,26)/t19-/m1/s1. The van der Waals surface area contributed by atoms with Crippen LogP contribution in [0.5, 0.6) is 0 Å². The van der Waals surface area contributed by atoms with Gasteiger partial charge in [-0.1, -0.05) is 0 Å². The smallest absolute Gasteiger partial charge is 0.243 e. The number of hydrogen-bond acceptors (Lipinski definition) is 4. The van der Waals surface area contributed by atoms with Crippen molar-refractivity contribution in [1.29, 1.82) is 0 Å². The van der Waals surface area contributed by atoms with Crippen molar-refractivity contribution >= 4 is 26.8 Å². The highest BCUT2D eigenvalue weighted by Gasteiger charge is 2.33. The molecule has 7 nitrogen and oxygen atoms in total. The van der Waals surface area contributed by atoms with Crippen molar-refractivity contribution < 1.29 is 17.9 Å². The minimum absolute atomic E-state index is 0.0741. The molecule has 166 valence electrons. The molecule has 1 aromatic heterocycles. The molecule has 8 heteroatoms. The van der Waals surface area contributed by atoms with Crippen molar-refractivity contribution in [2.24, 2.45) is 5.92 Å². The first kappa shape index (κ1) is 22.8. The van der Waals surface area contributed by atoms with Crippen molar-refractivity contribution in [1.82, 2.24) is 14.2 Å². The van der Waals surface area contributed by atoms with Gasteiger partial charge in [0.15, 0.2) is 0 Å². The predicted molar refractivity (Wildman–Crippen MR) is 118 cm³/mol. The van der Waals surface area contributed by atoms with Crippen LogP contribution < -0.4 is 5.32 Å². The Kier molecular flexibility index (Phi) is 7.55. The van der Waals surface area contributed by atoms with Crippen LogP contribution in [0.2, 0.25) is 0 Å². The minimum Gasteiger partial charge on any atom is -0.379 e. The Bertz CT molecular complexity index is 968. The van der Waals surface area contributed by atoms with Crippen LogP contribution in [-0.4, -0.2) is 55.5 Å². The molecule has 1 saturated heterocycles. The zero-order chi connectivity index (χ0) is 21.7. The number of carbonyl (C=O) groups excluding carboxylic acids is 1. The van der Waals surface area contributed by atoms with Crippen LogP contribution in [-0.2, 0) is 26.1 Å². The topological polar surface area (TPSA) is 80.6 Å². The Morgan fingerprint density at radius 3 is 2.83 bits per heavy atom. The molecule has 0 bridgehead atoms. The molecule has 30 heavy (non-hydrogen) atoms. The van der Waals surface area contributed by atoms with Gasteiger partial charge >= 0.3 is 0 Å². The van der Waals surface area contributed by atoms with Crippen LogP contribution in [0.15, 0.2) is 35.4 Å². The van der Waals surface area contributed by atoms with E-state index in [1.165, 1.54) is 4.31 Å². The number of ether oxygens (including phenoxy) is 1. The monoisotopic (exact) mass is 435 g/mol. The summed E-state index contributed by atoms with van der Waals surface area (Å²) in [7, 11) is -3.63. The number of benzene rings is 1. The lowest BCUT2D eigenvalue weighted by Gasteiger charge is -2.31. The maximum Gasteiger partial charge on any atom is 0.243 e. The van der Waals surface area contributed by atoms with Gasteiger partial charge in [-0.05, 0) is 64.3 Å². The highest BCUT2D eigenvalue weighted by atomic mass is 32.2. The summed E-state index contributed by atoms with van der Waals surface area (Å²) < 4.78 is 35.4. The van der Waals surface area contributed by atoms with Crippen molar-refractivity contribution in [3.8, 4) is 0 Å². The number of aromatic nitrogens is 1. The normalized spacial score (nSPS) is 18.2. The Labute approximate surface area is 179 Å². The average molecular weight is 436 g/mol. The maximum atomic E-state index is 13.2. The van der Waals surface area contributed by atoms with Crippen LogP contribution in [0.4, 0.5) is 0 Å². The second kappa shape index (κ2) is 9.94. The number of nitrogens with one attached hydrogen (secondary N) is 1. The van der Waals surface area contributed by atoms with Gasteiger partial charge in [-0.25, -0.2) is 8.42 Å². The number of aryl methyl sites for hydroxylation is 1. The van der Waals surface area contributed by atoms with Gasteiger partial charge in [0.05, 0.1) is 16.9 Å². The fourth-order valence-electron chi connectivity index (χ4n) is 3.89. The van der Waals surface area contributed by atoms with E-state index in [0.717, 1.165) is 23.9 Å². The molecule has 0 saturated carbocycles.